The maximum absolute atomic E-state index is 14.1. The molecule has 6 nitrogen and oxygen atoms in total. The highest BCUT2D eigenvalue weighted by Gasteiger charge is 2.40. The molecule has 0 aliphatic carbocycles. The number of nitrogens with zero attached hydrogens (tertiary/aromatic N) is 2. The summed E-state index contributed by atoms with van der Waals surface area (Å²) in [5.74, 6) is -2.55. The fourth-order valence-electron chi connectivity index (χ4n) is 7.70. The minimum absolute atomic E-state index is 0.0148. The van der Waals surface area contributed by atoms with E-state index < -0.39 is 35.4 Å². The van der Waals surface area contributed by atoms with E-state index in [0.29, 0.717) is 43.3 Å². The van der Waals surface area contributed by atoms with E-state index in [2.05, 4.69) is 0 Å². The number of rotatable bonds is 4. The summed E-state index contributed by atoms with van der Waals surface area (Å²) >= 11 is 28.1. The zero-order valence-electron chi connectivity index (χ0n) is 27.0. The molecule has 0 spiro atoms. The van der Waals surface area contributed by atoms with Crippen LogP contribution in [0.1, 0.15) is 63.7 Å². The van der Waals surface area contributed by atoms with Crippen molar-refractivity contribution in [2.75, 3.05) is 0 Å². The largest absolute Gasteiger partial charge is 0.416 e. The van der Waals surface area contributed by atoms with Crippen molar-refractivity contribution in [1.29, 1.82) is 0 Å². The van der Waals surface area contributed by atoms with Crippen LogP contribution in [0.3, 0.4) is 0 Å². The molecule has 0 unspecified atom stereocenters. The molecule has 0 fully saturated rings. The molecule has 2 aliphatic rings. The third-order valence-corrected chi connectivity index (χ3v) is 11.3. The lowest BCUT2D eigenvalue weighted by atomic mass is 9.82. The van der Waals surface area contributed by atoms with Crippen molar-refractivity contribution in [3.05, 3.63) is 137 Å². The summed E-state index contributed by atoms with van der Waals surface area (Å²) in [6.45, 7) is 1.63. The molecular weight excluding hydrogens is 771 g/mol. The van der Waals surface area contributed by atoms with Crippen LogP contribution in [0.2, 0.25) is 20.1 Å². The average Bonchev–Trinajstić information content (AvgIpc) is 3.11. The second kappa shape index (κ2) is 11.5. The summed E-state index contributed by atoms with van der Waals surface area (Å²) < 4.78 is 39.6. The predicted molar refractivity (Wildman–Crippen MR) is 199 cm³/mol. The van der Waals surface area contributed by atoms with Gasteiger partial charge in [0.1, 0.15) is 0 Å². The van der Waals surface area contributed by atoms with E-state index in [9.17, 15) is 32.3 Å². The molecule has 0 atom stereocenters. The molecule has 0 saturated heterocycles. The fraction of sp³-hybridized carbons (Fsp3) is 0.100. The highest BCUT2D eigenvalue weighted by Crippen LogP contribution is 2.54. The number of halogens is 7. The van der Waals surface area contributed by atoms with Crippen LogP contribution in [0.4, 0.5) is 13.2 Å². The maximum Gasteiger partial charge on any atom is 0.416 e. The van der Waals surface area contributed by atoms with Gasteiger partial charge in [0.15, 0.2) is 0 Å². The third kappa shape index (κ3) is 4.80. The molecular formula is C40H19Cl4F3N2O4. The molecule has 7 aromatic carbocycles. The van der Waals surface area contributed by atoms with Crippen LogP contribution >= 0.6 is 46.4 Å². The van der Waals surface area contributed by atoms with Crippen molar-refractivity contribution in [2.24, 2.45) is 0 Å². The predicted octanol–water partition coefficient (Wildman–Crippen LogP) is 11.3. The summed E-state index contributed by atoms with van der Waals surface area (Å²) in [4.78, 5) is 58.4. The minimum Gasteiger partial charge on any atom is -0.270 e. The Kier molecular flexibility index (Phi) is 7.37. The van der Waals surface area contributed by atoms with Crippen LogP contribution in [0.15, 0.2) is 72.8 Å². The van der Waals surface area contributed by atoms with Crippen LogP contribution < -0.4 is 0 Å². The van der Waals surface area contributed by atoms with Crippen LogP contribution in [0, 0.1) is 6.92 Å². The van der Waals surface area contributed by atoms with E-state index in [-0.39, 0.29) is 60.8 Å². The second-order valence-corrected chi connectivity index (χ2v) is 14.8. The number of hydrogen-bond donors (Lipinski definition) is 0. The van der Waals surface area contributed by atoms with Gasteiger partial charge in [0.05, 0.1) is 40.9 Å². The van der Waals surface area contributed by atoms with Gasteiger partial charge in [-0.05, 0) is 54.4 Å². The Morgan fingerprint density at radius 1 is 0.472 bits per heavy atom. The zero-order chi connectivity index (χ0) is 37.4. The van der Waals surface area contributed by atoms with Crippen molar-refractivity contribution in [3.8, 4) is 0 Å². The number of alkyl halides is 3. The highest BCUT2D eigenvalue weighted by molar-refractivity contribution is 6.56. The first-order valence-corrected chi connectivity index (χ1v) is 17.6. The maximum atomic E-state index is 14.1. The van der Waals surface area contributed by atoms with Gasteiger partial charge >= 0.3 is 6.18 Å². The Bertz CT molecular complexity index is 2720. The quantitative estimate of drug-likeness (QED) is 0.101. The first kappa shape index (κ1) is 33.9. The molecule has 2 heterocycles. The summed E-state index contributed by atoms with van der Waals surface area (Å²) in [6, 6.07) is 17.4. The van der Waals surface area contributed by atoms with Gasteiger partial charge in [-0.1, -0.05) is 88.4 Å². The fourth-order valence-corrected chi connectivity index (χ4v) is 8.90. The average molecular weight is 790 g/mol. The lowest BCUT2D eigenvalue weighted by Gasteiger charge is -2.31. The Hall–Kier alpha value is -4.93. The summed E-state index contributed by atoms with van der Waals surface area (Å²) in [7, 11) is 0. The lowest BCUT2D eigenvalue weighted by molar-refractivity contribution is -0.137. The summed E-state index contributed by atoms with van der Waals surface area (Å²) in [6.07, 6.45) is -4.56. The topological polar surface area (TPSA) is 74.8 Å². The number of imide groups is 2. The van der Waals surface area contributed by atoms with Crippen molar-refractivity contribution < 1.29 is 32.3 Å². The van der Waals surface area contributed by atoms with Crippen LogP contribution in [-0.4, -0.2) is 33.4 Å². The van der Waals surface area contributed by atoms with Gasteiger partial charge < -0.3 is 0 Å². The van der Waals surface area contributed by atoms with Gasteiger partial charge in [-0.2, -0.15) is 13.2 Å². The molecule has 262 valence electrons. The van der Waals surface area contributed by atoms with Gasteiger partial charge in [-0.15, -0.1) is 0 Å². The van der Waals surface area contributed by atoms with Gasteiger partial charge in [0.25, 0.3) is 23.6 Å². The van der Waals surface area contributed by atoms with E-state index >= 15 is 0 Å². The van der Waals surface area contributed by atoms with E-state index in [1.807, 2.05) is 31.2 Å². The molecule has 0 N–H and O–H groups in total. The molecule has 0 bridgehead atoms. The number of fused-ring (bicyclic) bond motifs is 2. The van der Waals surface area contributed by atoms with Gasteiger partial charge in [0.2, 0.25) is 0 Å². The molecule has 7 aromatic rings. The smallest absolute Gasteiger partial charge is 0.270 e. The Labute approximate surface area is 317 Å². The van der Waals surface area contributed by atoms with Gasteiger partial charge in [-0.25, -0.2) is 0 Å². The van der Waals surface area contributed by atoms with Crippen LogP contribution in [-0.2, 0) is 19.3 Å². The first-order valence-electron chi connectivity index (χ1n) is 16.1. The number of hydrogen-bond acceptors (Lipinski definition) is 4. The molecule has 0 radical (unpaired) electrons. The molecule has 2 aliphatic heterocycles. The Morgan fingerprint density at radius 2 is 0.774 bits per heavy atom. The van der Waals surface area contributed by atoms with E-state index in [4.69, 9.17) is 46.4 Å². The SMILES string of the molecule is Cc1ccc(CN2C(=O)c3cc(Cl)c4c5c(Cl)cc6c7c(cc(Cl)c(c8c(Cl)cc(c3c48)C2=O)c75)C(=O)N(Cc2ccc(C(F)(F)F)cc2)C6=O)cc1. The standard InChI is InChI=1S/C40H19Cl4F3N2O4/c1-16-2-4-17(5-3-16)14-48-36(50)20-10-24(41)30-32-26(43)12-22-29-23(39(53)49(38(22)52)15-18-6-8-19(9-7-18)40(45,46)47)13-27(44)33(35(29)32)31-25(42)11-21(37(48)51)28(20)34(30)31/h2-13H,14-15H2,1H3. The van der Waals surface area contributed by atoms with E-state index in [0.717, 1.165) is 33.1 Å². The number of carbonyl (C=O) groups is 4. The minimum atomic E-state index is -4.56. The number of benzene rings is 7. The van der Waals surface area contributed by atoms with Crippen molar-refractivity contribution in [1.82, 2.24) is 9.80 Å². The molecule has 0 aromatic heterocycles. The lowest BCUT2D eigenvalue weighted by Crippen LogP contribution is -2.40. The van der Waals surface area contributed by atoms with Crippen LogP contribution in [0.25, 0.3) is 43.1 Å². The van der Waals surface area contributed by atoms with E-state index in [1.165, 1.54) is 36.4 Å². The van der Waals surface area contributed by atoms with Gasteiger partial charge in [-0.3, -0.25) is 29.0 Å². The Morgan fingerprint density at radius 3 is 1.08 bits per heavy atom. The highest BCUT2D eigenvalue weighted by atomic mass is 35.5. The number of carbonyl (C=O) groups excluding carboxylic acids is 4. The molecule has 0 saturated carbocycles. The summed E-state index contributed by atoms with van der Waals surface area (Å²) in [5.41, 5.74) is 1.68. The Balaban J connectivity index is 1.27. The van der Waals surface area contributed by atoms with Crippen molar-refractivity contribution in [2.45, 2.75) is 26.2 Å². The van der Waals surface area contributed by atoms with Crippen LogP contribution in [0.5, 0.6) is 0 Å². The van der Waals surface area contributed by atoms with Crippen molar-refractivity contribution in [3.63, 3.8) is 0 Å². The summed E-state index contributed by atoms with van der Waals surface area (Å²) in [5, 5.41) is 3.00. The number of aryl methyl sites for hydroxylation is 1. The number of amides is 4. The second-order valence-electron chi connectivity index (χ2n) is 13.2. The van der Waals surface area contributed by atoms with Crippen molar-refractivity contribution >= 4 is 113 Å². The molecule has 53 heavy (non-hydrogen) atoms. The zero-order valence-corrected chi connectivity index (χ0v) is 30.0. The first-order chi connectivity index (χ1) is 25.1. The monoisotopic (exact) mass is 788 g/mol. The van der Waals surface area contributed by atoms with Gasteiger partial charge in [0, 0.05) is 63.2 Å². The normalized spacial score (nSPS) is 14.6. The molecule has 4 amide bonds. The molecule has 13 heteroatoms. The van der Waals surface area contributed by atoms with E-state index in [1.54, 1.807) is 0 Å². The third-order valence-electron chi connectivity index (χ3n) is 10.1. The molecule has 9 rings (SSSR count).